The Morgan fingerprint density at radius 3 is 3.04 bits per heavy atom. The summed E-state index contributed by atoms with van der Waals surface area (Å²) in [6, 6.07) is 5.82. The molecule has 0 N–H and O–H groups in total. The van der Waals surface area contributed by atoms with Crippen molar-refractivity contribution in [3.63, 3.8) is 0 Å². The Labute approximate surface area is 160 Å². The number of carbonyl (C=O) groups excluding carboxylic acids is 2. The SMILES string of the molecule is O=C(c1ccc2ncsc2c1)N1CCC(n2cc(N3CCCC3=O)cn2)C1. The predicted octanol–water partition coefficient (Wildman–Crippen LogP) is 2.71. The van der Waals surface area contributed by atoms with Gasteiger partial charge in [0.05, 0.1) is 33.7 Å². The summed E-state index contributed by atoms with van der Waals surface area (Å²) in [6.45, 7) is 2.11. The molecule has 2 saturated heterocycles. The number of likely N-dealkylation sites (tertiary alicyclic amines) is 1. The third-order valence-corrected chi connectivity index (χ3v) is 6.17. The third-order valence-electron chi connectivity index (χ3n) is 5.38. The van der Waals surface area contributed by atoms with Crippen molar-refractivity contribution < 1.29 is 9.59 Å². The Morgan fingerprint density at radius 1 is 1.26 bits per heavy atom. The van der Waals surface area contributed by atoms with E-state index in [2.05, 4.69) is 10.1 Å². The Hall–Kier alpha value is -2.74. The van der Waals surface area contributed by atoms with E-state index < -0.39 is 0 Å². The van der Waals surface area contributed by atoms with Gasteiger partial charge in [0, 0.05) is 37.8 Å². The molecule has 8 heteroatoms. The average Bonchev–Trinajstić information content (AvgIpc) is 3.44. The second-order valence-electron chi connectivity index (χ2n) is 7.06. The summed E-state index contributed by atoms with van der Waals surface area (Å²) < 4.78 is 2.93. The van der Waals surface area contributed by atoms with E-state index in [0.717, 1.165) is 35.3 Å². The van der Waals surface area contributed by atoms with Gasteiger partial charge in [-0.25, -0.2) is 4.98 Å². The molecule has 2 aliphatic rings. The first-order chi connectivity index (χ1) is 13.2. The molecule has 1 unspecified atom stereocenters. The van der Waals surface area contributed by atoms with E-state index in [1.807, 2.05) is 34.0 Å². The van der Waals surface area contributed by atoms with Gasteiger partial charge < -0.3 is 9.80 Å². The summed E-state index contributed by atoms with van der Waals surface area (Å²) in [5.74, 6) is 0.214. The number of anilines is 1. The summed E-state index contributed by atoms with van der Waals surface area (Å²) in [7, 11) is 0. The molecule has 0 aliphatic carbocycles. The molecule has 0 radical (unpaired) electrons. The fourth-order valence-corrected chi connectivity index (χ4v) is 4.62. The number of aromatic nitrogens is 3. The summed E-state index contributed by atoms with van der Waals surface area (Å²) in [4.78, 5) is 32.7. The monoisotopic (exact) mass is 381 g/mol. The van der Waals surface area contributed by atoms with E-state index in [1.54, 1.807) is 27.9 Å². The van der Waals surface area contributed by atoms with Crippen LogP contribution < -0.4 is 4.90 Å². The van der Waals surface area contributed by atoms with Crippen LogP contribution in [-0.2, 0) is 4.79 Å². The van der Waals surface area contributed by atoms with Gasteiger partial charge in [0.15, 0.2) is 0 Å². The molecule has 7 nitrogen and oxygen atoms in total. The lowest BCUT2D eigenvalue weighted by Gasteiger charge is -2.17. The fourth-order valence-electron chi connectivity index (χ4n) is 3.90. The van der Waals surface area contributed by atoms with Crippen molar-refractivity contribution in [1.82, 2.24) is 19.7 Å². The molecule has 0 spiro atoms. The number of fused-ring (bicyclic) bond motifs is 1. The summed E-state index contributed by atoms with van der Waals surface area (Å²) in [5, 5.41) is 4.46. The number of carbonyl (C=O) groups is 2. The van der Waals surface area contributed by atoms with Gasteiger partial charge in [-0.2, -0.15) is 5.10 Å². The smallest absolute Gasteiger partial charge is 0.253 e. The van der Waals surface area contributed by atoms with Crippen LogP contribution in [0.4, 0.5) is 5.69 Å². The molecule has 138 valence electrons. The highest BCUT2D eigenvalue weighted by Crippen LogP contribution is 2.27. The minimum absolute atomic E-state index is 0.0508. The highest BCUT2D eigenvalue weighted by molar-refractivity contribution is 7.16. The van der Waals surface area contributed by atoms with Gasteiger partial charge >= 0.3 is 0 Å². The standard InChI is InChI=1S/C19H19N5O2S/c25-18-2-1-6-23(18)15-9-21-24(11-15)14-5-7-22(10-14)19(26)13-3-4-16-17(8-13)27-12-20-16/h3-4,8-9,11-12,14H,1-2,5-7,10H2. The van der Waals surface area contributed by atoms with Crippen LogP contribution in [0.5, 0.6) is 0 Å². The van der Waals surface area contributed by atoms with Gasteiger partial charge in [0.1, 0.15) is 0 Å². The van der Waals surface area contributed by atoms with Gasteiger partial charge in [-0.05, 0) is 31.0 Å². The molecule has 2 fully saturated rings. The molecule has 2 aromatic heterocycles. The van der Waals surface area contributed by atoms with E-state index in [9.17, 15) is 9.59 Å². The van der Waals surface area contributed by atoms with E-state index in [0.29, 0.717) is 25.1 Å². The highest BCUT2D eigenvalue weighted by Gasteiger charge is 2.30. The van der Waals surface area contributed by atoms with Crippen molar-refractivity contribution in [3.05, 3.63) is 41.7 Å². The lowest BCUT2D eigenvalue weighted by atomic mass is 10.2. The number of thiazole rings is 1. The largest absolute Gasteiger partial charge is 0.336 e. The first kappa shape index (κ1) is 16.4. The highest BCUT2D eigenvalue weighted by atomic mass is 32.1. The molecular formula is C19H19N5O2S. The normalized spacial score (nSPS) is 20.1. The van der Waals surface area contributed by atoms with Crippen LogP contribution in [0.25, 0.3) is 10.2 Å². The molecular weight excluding hydrogens is 362 g/mol. The molecule has 5 rings (SSSR count). The quantitative estimate of drug-likeness (QED) is 0.699. The average molecular weight is 381 g/mol. The summed E-state index contributed by atoms with van der Waals surface area (Å²) in [6.07, 6.45) is 6.07. The Bertz CT molecular complexity index is 1030. The molecule has 2 aliphatic heterocycles. The number of rotatable bonds is 3. The van der Waals surface area contributed by atoms with Crippen LogP contribution in [0.1, 0.15) is 35.7 Å². The van der Waals surface area contributed by atoms with Gasteiger partial charge in [0.2, 0.25) is 5.91 Å². The molecule has 4 heterocycles. The molecule has 1 atom stereocenters. The number of hydrogen-bond donors (Lipinski definition) is 0. The Morgan fingerprint density at radius 2 is 2.19 bits per heavy atom. The zero-order valence-corrected chi connectivity index (χ0v) is 15.6. The number of nitrogens with zero attached hydrogens (tertiary/aromatic N) is 5. The van der Waals surface area contributed by atoms with Gasteiger partial charge in [-0.3, -0.25) is 14.3 Å². The maximum absolute atomic E-state index is 12.9. The van der Waals surface area contributed by atoms with Gasteiger partial charge in [0.25, 0.3) is 5.91 Å². The second kappa shape index (κ2) is 6.45. The number of benzene rings is 1. The molecule has 27 heavy (non-hydrogen) atoms. The van der Waals surface area contributed by atoms with Crippen molar-refractivity contribution >= 4 is 39.1 Å². The predicted molar refractivity (Wildman–Crippen MR) is 103 cm³/mol. The minimum Gasteiger partial charge on any atom is -0.336 e. The lowest BCUT2D eigenvalue weighted by molar-refractivity contribution is -0.117. The lowest BCUT2D eigenvalue weighted by Crippen LogP contribution is -2.29. The molecule has 2 amide bonds. The Kier molecular flexibility index (Phi) is 3.93. The zero-order chi connectivity index (χ0) is 18.4. The summed E-state index contributed by atoms with van der Waals surface area (Å²) >= 11 is 1.55. The van der Waals surface area contributed by atoms with Gasteiger partial charge in [-0.1, -0.05) is 0 Å². The topological polar surface area (TPSA) is 71.3 Å². The molecule has 1 aromatic carbocycles. The first-order valence-electron chi connectivity index (χ1n) is 9.16. The fraction of sp³-hybridized carbons (Fsp3) is 0.368. The van der Waals surface area contributed by atoms with Gasteiger partial charge in [-0.15, -0.1) is 11.3 Å². The summed E-state index contributed by atoms with van der Waals surface area (Å²) in [5.41, 5.74) is 4.29. The first-order valence-corrected chi connectivity index (χ1v) is 10.0. The molecule has 0 bridgehead atoms. The van der Waals surface area contributed by atoms with E-state index >= 15 is 0 Å². The van der Waals surface area contributed by atoms with Crippen LogP contribution >= 0.6 is 11.3 Å². The zero-order valence-electron chi connectivity index (χ0n) is 14.7. The van der Waals surface area contributed by atoms with Crippen molar-refractivity contribution in [2.24, 2.45) is 0 Å². The van der Waals surface area contributed by atoms with Crippen LogP contribution in [0.2, 0.25) is 0 Å². The third kappa shape index (κ3) is 2.90. The maximum Gasteiger partial charge on any atom is 0.253 e. The minimum atomic E-state index is 0.0508. The van der Waals surface area contributed by atoms with Crippen LogP contribution in [0.3, 0.4) is 0 Å². The van der Waals surface area contributed by atoms with Crippen molar-refractivity contribution in [2.45, 2.75) is 25.3 Å². The van der Waals surface area contributed by atoms with Crippen molar-refractivity contribution in [1.29, 1.82) is 0 Å². The van der Waals surface area contributed by atoms with Crippen LogP contribution in [-0.4, -0.2) is 51.1 Å². The molecule has 0 saturated carbocycles. The van der Waals surface area contributed by atoms with E-state index in [4.69, 9.17) is 0 Å². The number of amides is 2. The Balaban J connectivity index is 1.30. The van der Waals surface area contributed by atoms with Crippen LogP contribution in [0, 0.1) is 0 Å². The van der Waals surface area contributed by atoms with Crippen molar-refractivity contribution in [3.8, 4) is 0 Å². The van der Waals surface area contributed by atoms with E-state index in [1.165, 1.54) is 0 Å². The molecule has 3 aromatic rings. The van der Waals surface area contributed by atoms with E-state index in [-0.39, 0.29) is 17.9 Å². The van der Waals surface area contributed by atoms with Crippen molar-refractivity contribution in [2.75, 3.05) is 24.5 Å². The number of hydrogen-bond acceptors (Lipinski definition) is 5. The second-order valence-corrected chi connectivity index (χ2v) is 7.94. The van der Waals surface area contributed by atoms with Crippen LogP contribution in [0.15, 0.2) is 36.1 Å². The maximum atomic E-state index is 12.9.